The Morgan fingerprint density at radius 2 is 1.87 bits per heavy atom. The van der Waals surface area contributed by atoms with E-state index >= 15 is 0 Å². The lowest BCUT2D eigenvalue weighted by molar-refractivity contribution is 0.0956. The van der Waals surface area contributed by atoms with Gasteiger partial charge in [0.1, 0.15) is 5.76 Å². The van der Waals surface area contributed by atoms with Crippen LogP contribution in [-0.2, 0) is 6.54 Å². The number of carbonyl (C=O) groups excluding carboxylic acids is 1. The third kappa shape index (κ3) is 6.73. The van der Waals surface area contributed by atoms with Crippen molar-refractivity contribution >= 4 is 35.8 Å². The molecule has 1 aliphatic heterocycles. The highest BCUT2D eigenvalue weighted by molar-refractivity contribution is 14.0. The maximum Gasteiger partial charge on any atom is 0.251 e. The third-order valence-corrected chi connectivity index (χ3v) is 5.15. The molecular formula is C22H32IN5O2. The number of aliphatic imine (C=N–C) groups is 1. The molecule has 164 valence electrons. The van der Waals surface area contributed by atoms with Crippen LogP contribution in [-0.4, -0.2) is 50.0 Å². The summed E-state index contributed by atoms with van der Waals surface area (Å²) in [6, 6.07) is 11.8. The van der Waals surface area contributed by atoms with E-state index in [9.17, 15) is 4.79 Å². The average molecular weight is 525 g/mol. The lowest BCUT2D eigenvalue weighted by Gasteiger charge is -2.26. The molecule has 1 saturated heterocycles. The number of likely N-dealkylation sites (tertiary alicyclic amines) is 1. The zero-order chi connectivity index (χ0) is 20.5. The van der Waals surface area contributed by atoms with E-state index in [4.69, 9.17) is 4.42 Å². The second-order valence-electron chi connectivity index (χ2n) is 7.14. The number of amides is 1. The summed E-state index contributed by atoms with van der Waals surface area (Å²) in [7, 11) is 1.77. The van der Waals surface area contributed by atoms with Crippen molar-refractivity contribution in [2.24, 2.45) is 4.99 Å². The van der Waals surface area contributed by atoms with Gasteiger partial charge in [-0.05, 0) is 62.7 Å². The fourth-order valence-electron chi connectivity index (χ4n) is 3.58. The summed E-state index contributed by atoms with van der Waals surface area (Å²) in [5, 5.41) is 9.57. The van der Waals surface area contributed by atoms with Crippen molar-refractivity contribution in [3.63, 3.8) is 0 Å². The SMILES string of the molecule is CCNC(=O)c1ccc(CNC(=NC)NCC(c2ccco2)N2CCCC2)cc1.I. The molecule has 7 nitrogen and oxygen atoms in total. The molecule has 1 aliphatic rings. The van der Waals surface area contributed by atoms with Gasteiger partial charge in [-0.25, -0.2) is 0 Å². The number of halogens is 1. The van der Waals surface area contributed by atoms with Crippen LogP contribution in [0.5, 0.6) is 0 Å². The van der Waals surface area contributed by atoms with E-state index in [1.54, 1.807) is 13.3 Å². The molecule has 0 bridgehead atoms. The minimum absolute atomic E-state index is 0. The van der Waals surface area contributed by atoms with E-state index in [1.807, 2.05) is 43.3 Å². The summed E-state index contributed by atoms with van der Waals surface area (Å²) in [5.41, 5.74) is 1.76. The first-order chi connectivity index (χ1) is 14.2. The molecule has 0 radical (unpaired) electrons. The van der Waals surface area contributed by atoms with Crippen LogP contribution in [0.25, 0.3) is 0 Å². The molecule has 30 heavy (non-hydrogen) atoms. The number of hydrogen-bond donors (Lipinski definition) is 3. The quantitative estimate of drug-likeness (QED) is 0.280. The van der Waals surface area contributed by atoms with Gasteiger partial charge in [-0.1, -0.05) is 12.1 Å². The molecule has 1 aromatic carbocycles. The van der Waals surface area contributed by atoms with Gasteiger partial charge >= 0.3 is 0 Å². The molecule has 2 aromatic rings. The molecule has 3 rings (SSSR count). The van der Waals surface area contributed by atoms with Crippen molar-refractivity contribution in [2.45, 2.75) is 32.4 Å². The van der Waals surface area contributed by atoms with Gasteiger partial charge < -0.3 is 20.4 Å². The summed E-state index contributed by atoms with van der Waals surface area (Å²) in [4.78, 5) is 18.6. The highest BCUT2D eigenvalue weighted by Gasteiger charge is 2.25. The number of hydrogen-bond acceptors (Lipinski definition) is 4. The zero-order valence-corrected chi connectivity index (χ0v) is 20.0. The number of guanidine groups is 1. The third-order valence-electron chi connectivity index (χ3n) is 5.15. The number of nitrogens with one attached hydrogen (secondary N) is 3. The predicted molar refractivity (Wildman–Crippen MR) is 130 cm³/mol. The van der Waals surface area contributed by atoms with Crippen LogP contribution >= 0.6 is 24.0 Å². The van der Waals surface area contributed by atoms with Crippen LogP contribution in [0, 0.1) is 0 Å². The number of carbonyl (C=O) groups is 1. The lowest BCUT2D eigenvalue weighted by atomic mass is 10.1. The predicted octanol–water partition coefficient (Wildman–Crippen LogP) is 3.15. The van der Waals surface area contributed by atoms with E-state index < -0.39 is 0 Å². The lowest BCUT2D eigenvalue weighted by Crippen LogP contribution is -2.42. The minimum atomic E-state index is -0.0460. The van der Waals surface area contributed by atoms with Gasteiger partial charge in [-0.3, -0.25) is 14.7 Å². The van der Waals surface area contributed by atoms with E-state index in [0.29, 0.717) is 18.7 Å². The van der Waals surface area contributed by atoms with Crippen LogP contribution < -0.4 is 16.0 Å². The molecule has 0 spiro atoms. The summed E-state index contributed by atoms with van der Waals surface area (Å²) >= 11 is 0. The molecular weight excluding hydrogens is 493 g/mol. The topological polar surface area (TPSA) is 81.9 Å². The van der Waals surface area contributed by atoms with Gasteiger partial charge in [0.2, 0.25) is 0 Å². The standard InChI is InChI=1S/C22H31N5O2.HI/c1-3-24-21(28)18-10-8-17(9-11-18)15-25-22(23-2)26-16-19(20-7-6-14-29-20)27-12-4-5-13-27;/h6-11,14,19H,3-5,12-13,15-16H2,1-2H3,(H,24,28)(H2,23,25,26);1H. The number of benzene rings is 1. The largest absolute Gasteiger partial charge is 0.468 e. The number of nitrogens with zero attached hydrogens (tertiary/aromatic N) is 2. The molecule has 2 heterocycles. The summed E-state index contributed by atoms with van der Waals surface area (Å²) in [5.74, 6) is 1.68. The maximum atomic E-state index is 11.9. The summed E-state index contributed by atoms with van der Waals surface area (Å²) in [6.45, 7) is 6.08. The first-order valence-corrected chi connectivity index (χ1v) is 10.3. The van der Waals surface area contributed by atoms with Crippen molar-refractivity contribution in [1.82, 2.24) is 20.9 Å². The Morgan fingerprint density at radius 3 is 2.47 bits per heavy atom. The van der Waals surface area contributed by atoms with E-state index in [0.717, 1.165) is 36.9 Å². The van der Waals surface area contributed by atoms with Gasteiger partial charge in [0.05, 0.1) is 12.3 Å². The zero-order valence-electron chi connectivity index (χ0n) is 17.7. The first-order valence-electron chi connectivity index (χ1n) is 10.3. The first kappa shape index (κ1) is 24.2. The van der Waals surface area contributed by atoms with Crippen LogP contribution in [0.15, 0.2) is 52.1 Å². The number of rotatable bonds is 8. The molecule has 1 atom stereocenters. The molecule has 0 saturated carbocycles. The second kappa shape index (κ2) is 12.6. The molecule has 1 amide bonds. The van der Waals surface area contributed by atoms with Gasteiger partial charge in [-0.15, -0.1) is 24.0 Å². The van der Waals surface area contributed by atoms with Crippen molar-refractivity contribution in [3.8, 4) is 0 Å². The second-order valence-corrected chi connectivity index (χ2v) is 7.14. The molecule has 1 fully saturated rings. The van der Waals surface area contributed by atoms with E-state index in [-0.39, 0.29) is 35.9 Å². The molecule has 8 heteroatoms. The monoisotopic (exact) mass is 525 g/mol. The number of furan rings is 1. The van der Waals surface area contributed by atoms with Crippen LogP contribution in [0.2, 0.25) is 0 Å². The summed E-state index contributed by atoms with van der Waals surface area (Å²) in [6.07, 6.45) is 4.20. The van der Waals surface area contributed by atoms with E-state index in [1.165, 1.54) is 12.8 Å². The Morgan fingerprint density at radius 1 is 1.13 bits per heavy atom. The van der Waals surface area contributed by atoms with Gasteiger partial charge in [0.25, 0.3) is 5.91 Å². The molecule has 1 aromatic heterocycles. The highest BCUT2D eigenvalue weighted by atomic mass is 127. The van der Waals surface area contributed by atoms with Crippen LogP contribution in [0.1, 0.15) is 47.5 Å². The van der Waals surface area contributed by atoms with Crippen molar-refractivity contribution < 1.29 is 9.21 Å². The Labute approximate surface area is 195 Å². The van der Waals surface area contributed by atoms with Gasteiger partial charge in [0.15, 0.2) is 5.96 Å². The molecule has 3 N–H and O–H groups in total. The maximum absolute atomic E-state index is 11.9. The van der Waals surface area contributed by atoms with Crippen molar-refractivity contribution in [1.29, 1.82) is 0 Å². The highest BCUT2D eigenvalue weighted by Crippen LogP contribution is 2.24. The fraction of sp³-hybridized carbons (Fsp3) is 0.455. The Bertz CT molecular complexity index is 786. The smallest absolute Gasteiger partial charge is 0.251 e. The van der Waals surface area contributed by atoms with Crippen LogP contribution in [0.4, 0.5) is 0 Å². The fourth-order valence-corrected chi connectivity index (χ4v) is 3.58. The molecule has 1 unspecified atom stereocenters. The van der Waals surface area contributed by atoms with E-state index in [2.05, 4.69) is 25.8 Å². The normalized spacial score (nSPS) is 15.3. The minimum Gasteiger partial charge on any atom is -0.468 e. The van der Waals surface area contributed by atoms with Crippen LogP contribution in [0.3, 0.4) is 0 Å². The van der Waals surface area contributed by atoms with Crippen molar-refractivity contribution in [3.05, 3.63) is 59.5 Å². The Hall–Kier alpha value is -2.07. The van der Waals surface area contributed by atoms with Gasteiger partial charge in [0, 0.05) is 32.2 Å². The average Bonchev–Trinajstić information content (AvgIpc) is 3.46. The van der Waals surface area contributed by atoms with Gasteiger partial charge in [-0.2, -0.15) is 0 Å². The van der Waals surface area contributed by atoms with Crippen molar-refractivity contribution in [2.75, 3.05) is 33.2 Å². The molecule has 0 aliphatic carbocycles. The Balaban J connectivity index is 0.00000320. The Kier molecular flexibility index (Phi) is 10.2. The summed E-state index contributed by atoms with van der Waals surface area (Å²) < 4.78 is 5.68.